The van der Waals surface area contributed by atoms with E-state index in [1.54, 1.807) is 27.7 Å². The molecule has 0 radical (unpaired) electrons. The van der Waals surface area contributed by atoms with Gasteiger partial charge in [-0.1, -0.05) is 27.7 Å². The minimum Gasteiger partial charge on any atom is -0.455 e. The summed E-state index contributed by atoms with van der Waals surface area (Å²) in [6, 6.07) is 0.0925. The number of imidazole rings is 1. The molecule has 0 unspecified atom stereocenters. The van der Waals surface area contributed by atoms with Gasteiger partial charge in [0.25, 0.3) is 5.67 Å². The lowest BCUT2D eigenvalue weighted by Gasteiger charge is -2.47. The van der Waals surface area contributed by atoms with E-state index in [4.69, 9.17) is 23.7 Å². The van der Waals surface area contributed by atoms with E-state index in [9.17, 15) is 19.2 Å². The predicted octanol–water partition coefficient (Wildman–Crippen LogP) is 4.93. The van der Waals surface area contributed by atoms with Gasteiger partial charge in [0.2, 0.25) is 0 Å². The normalized spacial score (nSPS) is 40.1. The van der Waals surface area contributed by atoms with Crippen LogP contribution >= 0.6 is 0 Å². The van der Waals surface area contributed by atoms with Gasteiger partial charge in [0.05, 0.1) is 17.8 Å². The molecular formula is C35H54FN3O9. The molecule has 1 aromatic rings. The fourth-order valence-electron chi connectivity index (χ4n) is 7.13. The van der Waals surface area contributed by atoms with Crippen molar-refractivity contribution in [1.82, 2.24) is 14.5 Å². The molecular weight excluding hydrogens is 625 g/mol. The van der Waals surface area contributed by atoms with Crippen molar-refractivity contribution in [3.8, 4) is 0 Å². The number of alkyl halides is 1. The van der Waals surface area contributed by atoms with E-state index in [1.807, 2.05) is 27.9 Å². The third-order valence-electron chi connectivity index (χ3n) is 10.0. The maximum Gasteiger partial charge on any atom is 0.420 e. The molecule has 0 aromatic carbocycles. The van der Waals surface area contributed by atoms with E-state index >= 15 is 4.39 Å². The highest BCUT2D eigenvalue weighted by molar-refractivity contribution is 6.08. The molecule has 2 aliphatic rings. The molecule has 0 N–H and O–H groups in total. The Morgan fingerprint density at radius 1 is 1.15 bits per heavy atom. The molecule has 1 saturated heterocycles. The topological polar surface area (TPSA) is 135 Å². The van der Waals surface area contributed by atoms with Gasteiger partial charge in [-0.05, 0) is 79.6 Å². The standard InChI is InChI=1S/C35H54FN3O9/c1-13-26-33(7,48-32(43)39-15-14-37-19-39)17-20(2)27(40)21(3)18-34(8,44-12)29(24(6)28(41)35(9,36)31(42)46-26)47-30-23(5)25(38(10)11)16-22(4)45-30/h14-15,17,19,21-26,29-30H,13,16,18H2,1-12H3/b20-17+/t21-,22-,23-,24+,25+,26-,29-,30+,33+,34-,35+/m1/s1. The number of nitrogens with zero attached hydrogens (tertiary/aromatic N) is 3. The highest BCUT2D eigenvalue weighted by Crippen LogP contribution is 2.39. The number of aromatic nitrogens is 2. The Labute approximate surface area is 283 Å². The smallest absolute Gasteiger partial charge is 0.420 e. The Bertz CT molecular complexity index is 1350. The van der Waals surface area contributed by atoms with Crippen molar-refractivity contribution < 1.29 is 47.3 Å². The van der Waals surface area contributed by atoms with Crippen molar-refractivity contribution in [2.45, 2.75) is 129 Å². The molecule has 0 aliphatic carbocycles. The molecule has 3 rings (SSSR count). The van der Waals surface area contributed by atoms with Crippen LogP contribution in [0.2, 0.25) is 0 Å². The Balaban J connectivity index is 2.15. The maximum absolute atomic E-state index is 16.6. The number of carbonyl (C=O) groups excluding carboxylic acids is 4. The number of hydrogen-bond donors (Lipinski definition) is 0. The molecule has 0 amide bonds. The van der Waals surface area contributed by atoms with E-state index in [1.165, 1.54) is 45.8 Å². The molecule has 1 fully saturated rings. The van der Waals surface area contributed by atoms with Gasteiger partial charge in [-0.25, -0.2) is 23.5 Å². The first-order valence-corrected chi connectivity index (χ1v) is 16.6. The van der Waals surface area contributed by atoms with Crippen LogP contribution in [0, 0.1) is 17.8 Å². The second-order valence-electron chi connectivity index (χ2n) is 14.3. The first kappa shape index (κ1) is 39.4. The van der Waals surface area contributed by atoms with E-state index in [0.29, 0.717) is 0 Å². The van der Waals surface area contributed by atoms with Crippen LogP contribution in [0.5, 0.6) is 0 Å². The van der Waals surface area contributed by atoms with Crippen molar-refractivity contribution in [3.05, 3.63) is 30.4 Å². The Morgan fingerprint density at radius 3 is 2.33 bits per heavy atom. The summed E-state index contributed by atoms with van der Waals surface area (Å²) in [6.45, 7) is 14.4. The summed E-state index contributed by atoms with van der Waals surface area (Å²) < 4.78 is 48.1. The molecule has 3 heterocycles. The van der Waals surface area contributed by atoms with Gasteiger partial charge in [-0.3, -0.25) is 9.59 Å². The third kappa shape index (κ3) is 8.23. The van der Waals surface area contributed by atoms with Gasteiger partial charge in [-0.2, -0.15) is 0 Å². The number of rotatable bonds is 6. The van der Waals surface area contributed by atoms with E-state index < -0.39 is 65.1 Å². The molecule has 0 saturated carbocycles. The number of ketones is 2. The van der Waals surface area contributed by atoms with Gasteiger partial charge >= 0.3 is 12.1 Å². The Kier molecular flexibility index (Phi) is 12.5. The SMILES string of the molecule is CC[C@H]1OC(=O)[C@@](C)(F)C(=O)[C@H](C)[C@@H](O[C@@H]2O[C@H](C)C[C@H](N(C)C)[C@H]2C)[C@](C)(OC)C[C@@H](C)C(=O)/C(C)=C/[C@]1(C)OC(=O)n1ccnc1. The molecule has 48 heavy (non-hydrogen) atoms. The molecule has 1 aromatic heterocycles. The zero-order chi connectivity index (χ0) is 36.4. The molecule has 11 atom stereocenters. The van der Waals surface area contributed by atoms with Gasteiger partial charge in [0.1, 0.15) is 12.4 Å². The fraction of sp³-hybridized carbons (Fsp3) is 0.743. The van der Waals surface area contributed by atoms with Crippen molar-refractivity contribution >= 4 is 23.6 Å². The monoisotopic (exact) mass is 679 g/mol. The highest BCUT2D eigenvalue weighted by atomic mass is 19.1. The molecule has 2 aliphatic heterocycles. The van der Waals surface area contributed by atoms with Crippen molar-refractivity contribution in [3.63, 3.8) is 0 Å². The van der Waals surface area contributed by atoms with Crippen LogP contribution in [0.25, 0.3) is 0 Å². The molecule has 13 heteroatoms. The second kappa shape index (κ2) is 15.3. The zero-order valence-electron chi connectivity index (χ0n) is 30.4. The highest BCUT2D eigenvalue weighted by Gasteiger charge is 2.54. The minimum atomic E-state index is -3.12. The van der Waals surface area contributed by atoms with Crippen LogP contribution in [-0.2, 0) is 38.1 Å². The average molecular weight is 680 g/mol. The number of Topliss-reactive ketones (excluding diaryl/α,β-unsaturated/α-hetero) is 2. The summed E-state index contributed by atoms with van der Waals surface area (Å²) in [5.74, 6) is -4.93. The van der Waals surface area contributed by atoms with E-state index in [0.717, 1.165) is 17.9 Å². The van der Waals surface area contributed by atoms with Crippen molar-refractivity contribution in [2.24, 2.45) is 17.8 Å². The molecule has 0 bridgehead atoms. The lowest BCUT2D eigenvalue weighted by atomic mass is 9.76. The van der Waals surface area contributed by atoms with Crippen LogP contribution in [0.15, 0.2) is 30.4 Å². The van der Waals surface area contributed by atoms with Crippen LogP contribution in [0.3, 0.4) is 0 Å². The quantitative estimate of drug-likeness (QED) is 0.299. The number of hydrogen-bond acceptors (Lipinski definition) is 11. The maximum atomic E-state index is 16.6. The lowest BCUT2D eigenvalue weighted by molar-refractivity contribution is -0.281. The summed E-state index contributed by atoms with van der Waals surface area (Å²) in [6.07, 6.45) is 2.05. The summed E-state index contributed by atoms with van der Waals surface area (Å²) in [7, 11) is 5.38. The van der Waals surface area contributed by atoms with Crippen LogP contribution in [0.1, 0.15) is 81.6 Å². The Hall–Kier alpha value is -3.00. The number of carbonyl (C=O) groups is 4. The molecule has 12 nitrogen and oxygen atoms in total. The van der Waals surface area contributed by atoms with Crippen LogP contribution in [-0.4, -0.2) is 107 Å². The number of cyclic esters (lactones) is 1. The van der Waals surface area contributed by atoms with Gasteiger partial charge in [0.15, 0.2) is 23.5 Å². The summed E-state index contributed by atoms with van der Waals surface area (Å²) >= 11 is 0. The van der Waals surface area contributed by atoms with Gasteiger partial charge in [-0.15, -0.1) is 0 Å². The summed E-state index contributed by atoms with van der Waals surface area (Å²) in [5.41, 5.74) is -5.95. The fourth-order valence-corrected chi connectivity index (χ4v) is 7.13. The lowest BCUT2D eigenvalue weighted by Crippen LogP contribution is -2.58. The van der Waals surface area contributed by atoms with Gasteiger partial charge < -0.3 is 28.6 Å². The first-order valence-electron chi connectivity index (χ1n) is 16.6. The molecule has 0 spiro atoms. The summed E-state index contributed by atoms with van der Waals surface area (Å²) in [5, 5.41) is 0. The van der Waals surface area contributed by atoms with Gasteiger partial charge in [0, 0.05) is 43.3 Å². The van der Waals surface area contributed by atoms with E-state index in [-0.39, 0.29) is 42.3 Å². The van der Waals surface area contributed by atoms with Crippen molar-refractivity contribution in [2.75, 3.05) is 21.2 Å². The van der Waals surface area contributed by atoms with Crippen molar-refractivity contribution in [1.29, 1.82) is 0 Å². The number of ether oxygens (including phenoxy) is 5. The second-order valence-corrected chi connectivity index (χ2v) is 14.3. The number of esters is 1. The minimum absolute atomic E-state index is 0.0579. The average Bonchev–Trinajstić information content (AvgIpc) is 3.57. The van der Waals surface area contributed by atoms with E-state index in [2.05, 4.69) is 9.88 Å². The largest absolute Gasteiger partial charge is 0.455 e. The predicted molar refractivity (Wildman–Crippen MR) is 175 cm³/mol. The van der Waals surface area contributed by atoms with Crippen LogP contribution in [0.4, 0.5) is 9.18 Å². The number of methoxy groups -OCH3 is 1. The first-order chi connectivity index (χ1) is 22.2. The zero-order valence-corrected chi connectivity index (χ0v) is 30.4. The third-order valence-corrected chi connectivity index (χ3v) is 10.0. The van der Waals surface area contributed by atoms with Crippen LogP contribution < -0.4 is 0 Å². The Morgan fingerprint density at radius 2 is 1.79 bits per heavy atom. The summed E-state index contributed by atoms with van der Waals surface area (Å²) in [4.78, 5) is 60.7. The number of halogens is 1. The molecule has 270 valence electrons. The number of allylic oxidation sites excluding steroid dienone is 1.